The second-order valence-electron chi connectivity index (χ2n) is 6.35. The number of anilines is 1. The summed E-state index contributed by atoms with van der Waals surface area (Å²) < 4.78 is 40.9. The summed E-state index contributed by atoms with van der Waals surface area (Å²) in [5.74, 6) is 0.0400. The Morgan fingerprint density at radius 3 is 2.68 bits per heavy atom. The Morgan fingerprint density at radius 2 is 2.07 bits per heavy atom. The van der Waals surface area contributed by atoms with Crippen molar-refractivity contribution in [3.05, 3.63) is 35.7 Å². The molecule has 1 N–H and O–H groups in total. The van der Waals surface area contributed by atoms with E-state index in [0.717, 1.165) is 0 Å². The van der Waals surface area contributed by atoms with Crippen LogP contribution in [0.1, 0.15) is 13.8 Å². The number of nitrogens with one attached hydrogen (secondary N) is 1. The summed E-state index contributed by atoms with van der Waals surface area (Å²) in [7, 11) is 0. The van der Waals surface area contributed by atoms with Crippen molar-refractivity contribution in [2.45, 2.75) is 38.4 Å². The molecule has 0 aliphatic carbocycles. The van der Waals surface area contributed by atoms with Crippen LogP contribution >= 0.6 is 11.6 Å². The third kappa shape index (κ3) is 4.68. The summed E-state index contributed by atoms with van der Waals surface area (Å²) in [5.41, 5.74) is 1.11. The molecule has 2 aromatic rings. The summed E-state index contributed by atoms with van der Waals surface area (Å²) >= 11 is 5.82. The van der Waals surface area contributed by atoms with Crippen LogP contribution < -0.4 is 5.32 Å². The van der Waals surface area contributed by atoms with Crippen LogP contribution in [0.15, 0.2) is 30.7 Å². The van der Waals surface area contributed by atoms with Crippen molar-refractivity contribution in [3.8, 4) is 11.4 Å². The van der Waals surface area contributed by atoms with Gasteiger partial charge in [-0.2, -0.15) is 0 Å². The first kappa shape index (κ1) is 20.3. The molecule has 0 radical (unpaired) electrons. The number of halogens is 4. The molecule has 1 fully saturated rings. The number of hydrogen-bond acceptors (Lipinski definition) is 6. The van der Waals surface area contributed by atoms with Gasteiger partial charge in [-0.15, -0.1) is 13.2 Å². The van der Waals surface area contributed by atoms with Crippen molar-refractivity contribution < 1.29 is 22.7 Å². The Balaban J connectivity index is 1.62. The number of amides is 1. The van der Waals surface area contributed by atoms with E-state index in [4.69, 9.17) is 11.6 Å². The molecule has 11 heteroatoms. The largest absolute Gasteiger partial charge is 0.522 e. The smallest absolute Gasteiger partial charge is 0.359 e. The van der Waals surface area contributed by atoms with Gasteiger partial charge in [-0.25, -0.2) is 9.97 Å². The molecule has 28 heavy (non-hydrogen) atoms. The van der Waals surface area contributed by atoms with Gasteiger partial charge in [-0.3, -0.25) is 14.5 Å². The first-order chi connectivity index (χ1) is 13.1. The number of ether oxygens (including phenoxy) is 1. The molecule has 7 nitrogen and oxygen atoms in total. The van der Waals surface area contributed by atoms with Gasteiger partial charge in [-0.1, -0.05) is 11.6 Å². The lowest BCUT2D eigenvalue weighted by atomic mass is 10.00. The van der Waals surface area contributed by atoms with Gasteiger partial charge in [0, 0.05) is 18.8 Å². The van der Waals surface area contributed by atoms with E-state index < -0.39 is 24.6 Å². The Morgan fingerprint density at radius 1 is 1.32 bits per heavy atom. The van der Waals surface area contributed by atoms with Crippen LogP contribution in [0.3, 0.4) is 0 Å². The Bertz CT molecular complexity index is 849. The molecular formula is C17H17ClF3N5O2. The fourth-order valence-corrected chi connectivity index (χ4v) is 2.92. The fourth-order valence-electron chi connectivity index (χ4n) is 2.81. The Kier molecular flexibility index (Phi) is 5.71. The van der Waals surface area contributed by atoms with Gasteiger partial charge in [0.05, 0.1) is 22.5 Å². The van der Waals surface area contributed by atoms with Crippen molar-refractivity contribution in [2.24, 2.45) is 0 Å². The van der Waals surface area contributed by atoms with Crippen molar-refractivity contribution in [1.29, 1.82) is 0 Å². The lowest BCUT2D eigenvalue weighted by Gasteiger charge is -2.46. The van der Waals surface area contributed by atoms with E-state index in [9.17, 15) is 18.0 Å². The number of nitrogens with zero attached hydrogens (tertiary/aromatic N) is 4. The lowest BCUT2D eigenvalue weighted by Crippen LogP contribution is -2.64. The molecule has 0 saturated carbocycles. The zero-order chi connectivity index (χ0) is 20.5. The molecule has 0 spiro atoms. The zero-order valence-electron chi connectivity index (χ0n) is 14.9. The highest BCUT2D eigenvalue weighted by molar-refractivity contribution is 6.30. The van der Waals surface area contributed by atoms with Crippen molar-refractivity contribution in [2.75, 3.05) is 11.9 Å². The second kappa shape index (κ2) is 7.88. The average Bonchev–Trinajstić information content (AvgIpc) is 2.64. The van der Waals surface area contributed by atoms with E-state index in [1.807, 2.05) is 0 Å². The Hall–Kier alpha value is -2.46. The SMILES string of the molecule is C[C@@H](Nc1cc(-c2ccc(Cl)cn2)ncn1)C(=O)N1C[C@H](OC(F)(F)F)[C@@H]1C. The molecule has 2 aromatic heterocycles. The number of pyridine rings is 1. The van der Waals surface area contributed by atoms with Crippen molar-refractivity contribution in [3.63, 3.8) is 0 Å². The average molecular weight is 416 g/mol. The zero-order valence-corrected chi connectivity index (χ0v) is 15.7. The van der Waals surface area contributed by atoms with E-state index in [0.29, 0.717) is 22.2 Å². The van der Waals surface area contributed by atoms with Crippen molar-refractivity contribution in [1.82, 2.24) is 19.9 Å². The molecule has 0 bridgehead atoms. The number of alkyl halides is 3. The number of hydrogen-bond donors (Lipinski definition) is 1. The number of aromatic nitrogens is 3. The maximum atomic E-state index is 12.5. The van der Waals surface area contributed by atoms with Gasteiger partial charge in [0.2, 0.25) is 5.91 Å². The molecule has 1 aliphatic heterocycles. The molecule has 3 atom stereocenters. The third-order valence-corrected chi connectivity index (χ3v) is 4.59. The van der Waals surface area contributed by atoms with E-state index in [-0.39, 0.29) is 12.5 Å². The van der Waals surface area contributed by atoms with Gasteiger partial charge in [0.25, 0.3) is 0 Å². The molecule has 3 rings (SSSR count). The van der Waals surface area contributed by atoms with Crippen LogP contribution in [0.2, 0.25) is 5.02 Å². The number of likely N-dealkylation sites (tertiary alicyclic amines) is 1. The lowest BCUT2D eigenvalue weighted by molar-refractivity contribution is -0.359. The van der Waals surface area contributed by atoms with Crippen LogP contribution in [0, 0.1) is 0 Å². The van der Waals surface area contributed by atoms with Crippen LogP contribution in [0.25, 0.3) is 11.4 Å². The normalized spacial score (nSPS) is 20.4. The summed E-state index contributed by atoms with van der Waals surface area (Å²) in [4.78, 5) is 26.2. The predicted molar refractivity (Wildman–Crippen MR) is 95.5 cm³/mol. The highest BCUT2D eigenvalue weighted by Gasteiger charge is 2.46. The van der Waals surface area contributed by atoms with Crippen LogP contribution in [-0.2, 0) is 9.53 Å². The van der Waals surface area contributed by atoms with E-state index >= 15 is 0 Å². The molecule has 1 amide bonds. The molecule has 1 saturated heterocycles. The van der Waals surface area contributed by atoms with Gasteiger partial charge in [0.15, 0.2) is 0 Å². The summed E-state index contributed by atoms with van der Waals surface area (Å²) in [6, 6.07) is 3.63. The van der Waals surface area contributed by atoms with Gasteiger partial charge in [-0.05, 0) is 26.0 Å². The fraction of sp³-hybridized carbons (Fsp3) is 0.412. The molecule has 1 aliphatic rings. The minimum Gasteiger partial charge on any atom is -0.359 e. The molecule has 0 aromatic carbocycles. The van der Waals surface area contributed by atoms with Crippen molar-refractivity contribution >= 4 is 23.3 Å². The molecular weight excluding hydrogens is 399 g/mol. The number of rotatable bonds is 5. The maximum absolute atomic E-state index is 12.5. The molecule has 150 valence electrons. The van der Waals surface area contributed by atoms with E-state index in [1.165, 1.54) is 24.3 Å². The molecule has 3 heterocycles. The standard InChI is InChI=1S/C17H17ClF3N5O2/c1-9(16(27)26-7-14(10(26)2)28-17(19,20)21)25-15-5-13(23-8-24-15)12-4-3-11(18)6-22-12/h3-6,8-10,14H,7H2,1-2H3,(H,23,24,25)/t9-,10+,14+/m1/s1. The topological polar surface area (TPSA) is 80.2 Å². The van der Waals surface area contributed by atoms with Crippen LogP contribution in [0.4, 0.5) is 19.0 Å². The monoisotopic (exact) mass is 415 g/mol. The summed E-state index contributed by atoms with van der Waals surface area (Å²) in [6.07, 6.45) is -2.96. The minimum atomic E-state index is -4.72. The van der Waals surface area contributed by atoms with E-state index in [2.05, 4.69) is 25.0 Å². The van der Waals surface area contributed by atoms with Gasteiger partial charge < -0.3 is 10.2 Å². The third-order valence-electron chi connectivity index (χ3n) is 4.37. The first-order valence-corrected chi connectivity index (χ1v) is 8.77. The van der Waals surface area contributed by atoms with Crippen LogP contribution in [-0.4, -0.2) is 56.9 Å². The number of carbonyl (C=O) groups excluding carboxylic acids is 1. The highest BCUT2D eigenvalue weighted by Crippen LogP contribution is 2.29. The van der Waals surface area contributed by atoms with Crippen LogP contribution in [0.5, 0.6) is 0 Å². The quantitative estimate of drug-likeness (QED) is 0.808. The highest BCUT2D eigenvalue weighted by atomic mass is 35.5. The summed E-state index contributed by atoms with van der Waals surface area (Å²) in [5, 5.41) is 3.43. The minimum absolute atomic E-state index is 0.116. The molecule has 0 unspecified atom stereocenters. The van der Waals surface area contributed by atoms with Gasteiger partial charge in [0.1, 0.15) is 24.3 Å². The first-order valence-electron chi connectivity index (χ1n) is 8.39. The number of carbonyl (C=O) groups is 1. The van der Waals surface area contributed by atoms with Gasteiger partial charge >= 0.3 is 6.36 Å². The maximum Gasteiger partial charge on any atom is 0.522 e. The Labute approximate surface area is 163 Å². The summed E-state index contributed by atoms with van der Waals surface area (Å²) in [6.45, 7) is 3.00. The van der Waals surface area contributed by atoms with E-state index in [1.54, 1.807) is 25.1 Å². The second-order valence-corrected chi connectivity index (χ2v) is 6.79. The predicted octanol–water partition coefficient (Wildman–Crippen LogP) is 3.13.